The monoisotopic (exact) mass is 260 g/mol. The Morgan fingerprint density at radius 3 is 2.28 bits per heavy atom. The Balaban J connectivity index is 2.62. The Labute approximate surface area is 110 Å². The number of ether oxygens (including phenoxy) is 5. The molecule has 0 radical (unpaired) electrons. The van der Waals surface area contributed by atoms with E-state index in [0.29, 0.717) is 6.61 Å². The van der Waals surface area contributed by atoms with Crippen LogP contribution in [0.5, 0.6) is 0 Å². The Hall–Kier alpha value is -0.135. The Bertz CT molecular complexity index is 241. The zero-order chi connectivity index (χ0) is 13.7. The van der Waals surface area contributed by atoms with Gasteiger partial charge in [0, 0.05) is 21.3 Å². The summed E-state index contributed by atoms with van der Waals surface area (Å²) in [6, 6.07) is -0.0124. The van der Waals surface area contributed by atoms with Crippen molar-refractivity contribution in [1.82, 2.24) is 0 Å². The minimum Gasteiger partial charge on any atom is -0.382 e. The molecule has 5 nitrogen and oxygen atoms in total. The van der Waals surface area contributed by atoms with Crippen LogP contribution in [0.25, 0.3) is 0 Å². The standard InChI is InChI=1S/C12H25BO5/c1-7(15-4)8(2)17-11-10(16-5)9(6-14-3)18-12(11)13/h7-12H,6,13H2,1-5H3/t7-,8+,9+,10?,11-,12+/m0/s1. The van der Waals surface area contributed by atoms with E-state index in [1.807, 2.05) is 21.7 Å². The van der Waals surface area contributed by atoms with Crippen molar-refractivity contribution in [2.45, 2.75) is 50.4 Å². The van der Waals surface area contributed by atoms with Gasteiger partial charge in [0.25, 0.3) is 0 Å². The number of hydrogen-bond donors (Lipinski definition) is 0. The van der Waals surface area contributed by atoms with E-state index in [2.05, 4.69) is 0 Å². The van der Waals surface area contributed by atoms with Crippen LogP contribution in [0.1, 0.15) is 13.8 Å². The van der Waals surface area contributed by atoms with Crippen LogP contribution in [0.15, 0.2) is 0 Å². The lowest BCUT2D eigenvalue weighted by atomic mass is 9.92. The summed E-state index contributed by atoms with van der Waals surface area (Å²) in [5.41, 5.74) is 0. The van der Waals surface area contributed by atoms with E-state index in [1.165, 1.54) is 0 Å². The third-order valence-electron chi connectivity index (χ3n) is 3.55. The lowest BCUT2D eigenvalue weighted by molar-refractivity contribution is -0.113. The highest BCUT2D eigenvalue weighted by molar-refractivity contribution is 6.11. The fourth-order valence-corrected chi connectivity index (χ4v) is 2.23. The SMILES string of the molecule is B[C@@H]1O[C@H](COC)C(OC)[C@@H]1O[C@H](C)[C@H](C)OC. The highest BCUT2D eigenvalue weighted by Crippen LogP contribution is 2.26. The van der Waals surface area contributed by atoms with Crippen molar-refractivity contribution < 1.29 is 23.7 Å². The Kier molecular flexibility index (Phi) is 6.59. The van der Waals surface area contributed by atoms with Crippen molar-refractivity contribution in [3.63, 3.8) is 0 Å². The largest absolute Gasteiger partial charge is 0.382 e. The van der Waals surface area contributed by atoms with Crippen LogP contribution in [0.4, 0.5) is 0 Å². The third kappa shape index (κ3) is 3.68. The summed E-state index contributed by atoms with van der Waals surface area (Å²) in [4.78, 5) is 0. The fraction of sp³-hybridized carbons (Fsp3) is 1.00. The molecule has 1 aliphatic rings. The summed E-state index contributed by atoms with van der Waals surface area (Å²) in [7, 11) is 7.01. The molecule has 1 heterocycles. The molecule has 0 spiro atoms. The van der Waals surface area contributed by atoms with Crippen LogP contribution >= 0.6 is 0 Å². The summed E-state index contributed by atoms with van der Waals surface area (Å²) < 4.78 is 27.8. The van der Waals surface area contributed by atoms with Crippen LogP contribution in [0.3, 0.4) is 0 Å². The molecule has 106 valence electrons. The van der Waals surface area contributed by atoms with Gasteiger partial charge in [0.1, 0.15) is 26.2 Å². The normalized spacial score (nSPS) is 35.6. The summed E-state index contributed by atoms with van der Waals surface area (Å²) in [6.45, 7) is 4.49. The Morgan fingerprint density at radius 2 is 1.78 bits per heavy atom. The number of methoxy groups -OCH3 is 3. The molecule has 0 saturated carbocycles. The third-order valence-corrected chi connectivity index (χ3v) is 3.55. The molecule has 1 fully saturated rings. The van der Waals surface area contributed by atoms with Crippen LogP contribution < -0.4 is 0 Å². The zero-order valence-electron chi connectivity index (χ0n) is 12.2. The first-order valence-corrected chi connectivity index (χ1v) is 6.40. The van der Waals surface area contributed by atoms with Gasteiger partial charge < -0.3 is 23.7 Å². The van der Waals surface area contributed by atoms with Crippen LogP contribution in [-0.4, -0.2) is 72.3 Å². The van der Waals surface area contributed by atoms with E-state index >= 15 is 0 Å². The lowest BCUT2D eigenvalue weighted by Crippen LogP contribution is -2.42. The highest BCUT2D eigenvalue weighted by Gasteiger charge is 2.44. The van der Waals surface area contributed by atoms with E-state index < -0.39 is 0 Å². The van der Waals surface area contributed by atoms with Crippen molar-refractivity contribution in [2.75, 3.05) is 27.9 Å². The highest BCUT2D eigenvalue weighted by atomic mass is 16.6. The van der Waals surface area contributed by atoms with Gasteiger partial charge in [0.2, 0.25) is 0 Å². The lowest BCUT2D eigenvalue weighted by Gasteiger charge is -2.28. The van der Waals surface area contributed by atoms with Crippen LogP contribution in [0, 0.1) is 0 Å². The smallest absolute Gasteiger partial charge is 0.142 e. The Morgan fingerprint density at radius 1 is 1.11 bits per heavy atom. The second-order valence-corrected chi connectivity index (χ2v) is 4.78. The molecule has 6 atom stereocenters. The summed E-state index contributed by atoms with van der Waals surface area (Å²) in [5, 5.41) is 0. The zero-order valence-corrected chi connectivity index (χ0v) is 12.2. The van der Waals surface area contributed by atoms with Crippen molar-refractivity contribution in [3.8, 4) is 0 Å². The average Bonchev–Trinajstić information content (AvgIpc) is 2.64. The molecular formula is C12H25BO5. The van der Waals surface area contributed by atoms with Gasteiger partial charge in [-0.3, -0.25) is 0 Å². The molecule has 1 rings (SSSR count). The molecular weight excluding hydrogens is 235 g/mol. The van der Waals surface area contributed by atoms with Crippen molar-refractivity contribution in [3.05, 3.63) is 0 Å². The average molecular weight is 260 g/mol. The maximum atomic E-state index is 6.03. The van der Waals surface area contributed by atoms with Crippen molar-refractivity contribution >= 4 is 7.85 Å². The van der Waals surface area contributed by atoms with Crippen LogP contribution in [0.2, 0.25) is 0 Å². The van der Waals surface area contributed by atoms with E-state index in [4.69, 9.17) is 23.7 Å². The molecule has 1 unspecified atom stereocenters. The first-order valence-electron chi connectivity index (χ1n) is 6.40. The van der Waals surface area contributed by atoms with Gasteiger partial charge in [-0.2, -0.15) is 0 Å². The predicted molar refractivity (Wildman–Crippen MR) is 70.7 cm³/mol. The molecule has 1 aliphatic heterocycles. The maximum absolute atomic E-state index is 6.03. The van der Waals surface area contributed by atoms with E-state index in [-0.39, 0.29) is 36.5 Å². The molecule has 0 aromatic heterocycles. The van der Waals surface area contributed by atoms with E-state index in [9.17, 15) is 0 Å². The van der Waals surface area contributed by atoms with E-state index in [0.717, 1.165) is 0 Å². The van der Waals surface area contributed by atoms with E-state index in [1.54, 1.807) is 21.3 Å². The minimum atomic E-state index is -0.105. The number of hydrogen-bond acceptors (Lipinski definition) is 5. The quantitative estimate of drug-likeness (QED) is 0.594. The van der Waals surface area contributed by atoms with Gasteiger partial charge in [-0.05, 0) is 13.8 Å². The molecule has 0 amide bonds. The van der Waals surface area contributed by atoms with Gasteiger partial charge in [-0.1, -0.05) is 0 Å². The van der Waals surface area contributed by atoms with Gasteiger partial charge in [0.05, 0.1) is 24.8 Å². The van der Waals surface area contributed by atoms with Gasteiger partial charge in [0.15, 0.2) is 0 Å². The second kappa shape index (κ2) is 7.45. The van der Waals surface area contributed by atoms with Crippen LogP contribution in [-0.2, 0) is 23.7 Å². The van der Waals surface area contributed by atoms with Gasteiger partial charge in [-0.15, -0.1) is 0 Å². The first kappa shape index (κ1) is 15.9. The van der Waals surface area contributed by atoms with Crippen molar-refractivity contribution in [2.24, 2.45) is 0 Å². The molecule has 0 N–H and O–H groups in total. The fourth-order valence-electron chi connectivity index (χ4n) is 2.23. The first-order chi connectivity index (χ1) is 8.54. The molecule has 0 aliphatic carbocycles. The maximum Gasteiger partial charge on any atom is 0.142 e. The van der Waals surface area contributed by atoms with Gasteiger partial charge >= 0.3 is 0 Å². The topological polar surface area (TPSA) is 46.2 Å². The molecule has 6 heteroatoms. The summed E-state index contributed by atoms with van der Waals surface area (Å²) >= 11 is 0. The number of rotatable bonds is 7. The second-order valence-electron chi connectivity index (χ2n) is 4.78. The van der Waals surface area contributed by atoms with Gasteiger partial charge in [-0.25, -0.2) is 0 Å². The molecule has 0 aromatic carbocycles. The molecule has 1 saturated heterocycles. The molecule has 0 bridgehead atoms. The predicted octanol–water partition coefficient (Wildman–Crippen LogP) is -0.186. The minimum absolute atomic E-state index is 0.00926. The summed E-state index contributed by atoms with van der Waals surface area (Å²) in [6.07, 6.45) is -0.250. The summed E-state index contributed by atoms with van der Waals surface area (Å²) in [5.74, 6) is 0. The molecule has 0 aromatic rings. The van der Waals surface area contributed by atoms with Crippen molar-refractivity contribution in [1.29, 1.82) is 0 Å². The molecule has 18 heavy (non-hydrogen) atoms.